The van der Waals surface area contributed by atoms with Gasteiger partial charge in [0.05, 0.1) is 32.0 Å². The average molecular weight is 417 g/mol. The average Bonchev–Trinajstić information content (AvgIpc) is 2.74. The van der Waals surface area contributed by atoms with Gasteiger partial charge in [-0.2, -0.15) is 0 Å². The smallest absolute Gasteiger partial charge is 0.217 e. The molecule has 3 aliphatic rings. The molecule has 2 saturated heterocycles. The molecule has 0 radical (unpaired) electrons. The number of hydrogen-bond acceptors (Lipinski definition) is 5. The third kappa shape index (κ3) is 5.16. The quantitative estimate of drug-likeness (QED) is 0.795. The lowest BCUT2D eigenvalue weighted by atomic mass is 9.76. The molecule has 1 saturated carbocycles. The summed E-state index contributed by atoms with van der Waals surface area (Å²) >= 11 is 0. The van der Waals surface area contributed by atoms with E-state index in [-0.39, 0.29) is 23.7 Å². The Morgan fingerprint density at radius 2 is 2.00 bits per heavy atom. The number of morpholine rings is 1. The van der Waals surface area contributed by atoms with Crippen molar-refractivity contribution in [1.29, 1.82) is 0 Å². The highest BCUT2D eigenvalue weighted by atomic mass is 16.5. The summed E-state index contributed by atoms with van der Waals surface area (Å²) in [5, 5.41) is 3.19. The van der Waals surface area contributed by atoms with Gasteiger partial charge >= 0.3 is 0 Å². The standard InChI is InChI=1S/C24H36N2O4/c1-18(27)25-21-15-23(30-24(16-21)8-4-3-5-9-24)19-6-7-22(28-2)20(14-19)17-26-10-12-29-13-11-26/h6-7,14,21,23H,3-5,8-13,15-17H2,1-2H3,(H,25,27)/t21-,23-/m1/s1. The Bertz CT molecular complexity index is 726. The Balaban J connectivity index is 1.56. The molecule has 0 bridgehead atoms. The molecule has 2 atom stereocenters. The van der Waals surface area contributed by atoms with Gasteiger partial charge in [0.2, 0.25) is 5.91 Å². The van der Waals surface area contributed by atoms with E-state index in [2.05, 4.69) is 28.4 Å². The van der Waals surface area contributed by atoms with E-state index in [0.717, 1.165) is 64.3 Å². The van der Waals surface area contributed by atoms with Gasteiger partial charge < -0.3 is 19.5 Å². The van der Waals surface area contributed by atoms with E-state index in [1.54, 1.807) is 14.0 Å². The van der Waals surface area contributed by atoms with E-state index in [1.165, 1.54) is 30.4 Å². The van der Waals surface area contributed by atoms with Crippen LogP contribution in [0.4, 0.5) is 0 Å². The first-order valence-corrected chi connectivity index (χ1v) is 11.5. The second kappa shape index (κ2) is 9.67. The van der Waals surface area contributed by atoms with Crippen LogP contribution < -0.4 is 10.1 Å². The Hall–Kier alpha value is -1.63. The van der Waals surface area contributed by atoms with Gasteiger partial charge in [-0.15, -0.1) is 0 Å². The SMILES string of the molecule is COc1ccc([C@H]2C[C@@H](NC(C)=O)CC3(CCCCC3)O2)cc1CN1CCOCC1. The normalized spacial score (nSPS) is 27.0. The number of methoxy groups -OCH3 is 1. The summed E-state index contributed by atoms with van der Waals surface area (Å²) in [6, 6.07) is 6.64. The molecule has 3 fully saturated rings. The van der Waals surface area contributed by atoms with Gasteiger partial charge in [-0.1, -0.05) is 25.3 Å². The van der Waals surface area contributed by atoms with Crippen LogP contribution in [-0.2, 0) is 20.8 Å². The van der Waals surface area contributed by atoms with Gasteiger partial charge in [0, 0.05) is 38.2 Å². The highest BCUT2D eigenvalue weighted by Crippen LogP contribution is 2.45. The molecule has 0 aromatic heterocycles. The molecule has 6 nitrogen and oxygen atoms in total. The third-order valence-electron chi connectivity index (χ3n) is 6.86. The minimum absolute atomic E-state index is 0.00282. The second-order valence-electron chi connectivity index (χ2n) is 9.15. The molecule has 2 heterocycles. The monoisotopic (exact) mass is 416 g/mol. The summed E-state index contributed by atoms with van der Waals surface area (Å²) in [4.78, 5) is 14.2. The zero-order chi connectivity index (χ0) is 21.0. The van der Waals surface area contributed by atoms with Crippen LogP contribution in [0, 0.1) is 0 Å². The summed E-state index contributed by atoms with van der Waals surface area (Å²) in [7, 11) is 1.73. The van der Waals surface area contributed by atoms with Gasteiger partial charge in [-0.25, -0.2) is 0 Å². The molecule has 4 rings (SSSR count). The maximum Gasteiger partial charge on any atom is 0.217 e. The molecule has 30 heavy (non-hydrogen) atoms. The number of nitrogens with one attached hydrogen (secondary N) is 1. The summed E-state index contributed by atoms with van der Waals surface area (Å²) in [6.07, 6.45) is 7.65. The van der Waals surface area contributed by atoms with E-state index >= 15 is 0 Å². The first kappa shape index (κ1) is 21.6. The van der Waals surface area contributed by atoms with Crippen molar-refractivity contribution in [2.75, 3.05) is 33.4 Å². The van der Waals surface area contributed by atoms with Gasteiger partial charge in [0.15, 0.2) is 0 Å². The summed E-state index contributed by atoms with van der Waals surface area (Å²) in [5.74, 6) is 0.973. The number of hydrogen-bond donors (Lipinski definition) is 1. The molecule has 1 amide bonds. The summed E-state index contributed by atoms with van der Waals surface area (Å²) in [6.45, 7) is 5.94. The molecule has 0 unspecified atom stereocenters. The highest BCUT2D eigenvalue weighted by molar-refractivity contribution is 5.73. The topological polar surface area (TPSA) is 60.0 Å². The number of carbonyl (C=O) groups excluding carboxylic acids is 1. The number of amides is 1. The lowest BCUT2D eigenvalue weighted by molar-refractivity contribution is -0.158. The molecule has 1 aliphatic carbocycles. The number of carbonyl (C=O) groups is 1. The van der Waals surface area contributed by atoms with Gasteiger partial charge in [-0.3, -0.25) is 9.69 Å². The van der Waals surface area contributed by atoms with Gasteiger partial charge in [0.1, 0.15) is 5.75 Å². The van der Waals surface area contributed by atoms with Crippen LogP contribution in [0.2, 0.25) is 0 Å². The first-order chi connectivity index (χ1) is 14.6. The van der Waals surface area contributed by atoms with Crippen molar-refractivity contribution in [2.24, 2.45) is 0 Å². The predicted octanol–water partition coefficient (Wildman–Crippen LogP) is 3.59. The molecule has 1 aromatic rings. The Kier molecular flexibility index (Phi) is 6.96. The van der Waals surface area contributed by atoms with Crippen LogP contribution >= 0.6 is 0 Å². The Morgan fingerprint density at radius 1 is 1.23 bits per heavy atom. The largest absolute Gasteiger partial charge is 0.496 e. The van der Waals surface area contributed by atoms with Gasteiger partial charge in [-0.05, 0) is 43.4 Å². The molecule has 1 spiro atoms. The van der Waals surface area contributed by atoms with E-state index < -0.39 is 0 Å². The van der Waals surface area contributed by atoms with Crippen molar-refractivity contribution >= 4 is 5.91 Å². The molecular weight excluding hydrogens is 380 g/mol. The van der Waals surface area contributed by atoms with E-state index in [9.17, 15) is 4.79 Å². The fourth-order valence-electron chi connectivity index (χ4n) is 5.43. The zero-order valence-electron chi connectivity index (χ0n) is 18.5. The third-order valence-corrected chi connectivity index (χ3v) is 6.86. The van der Waals surface area contributed by atoms with Crippen molar-refractivity contribution in [3.8, 4) is 5.75 Å². The minimum Gasteiger partial charge on any atom is -0.496 e. The van der Waals surface area contributed by atoms with Crippen LogP contribution in [0.15, 0.2) is 18.2 Å². The maximum atomic E-state index is 11.8. The predicted molar refractivity (Wildman–Crippen MR) is 116 cm³/mol. The maximum absolute atomic E-state index is 11.8. The minimum atomic E-state index is -0.0986. The van der Waals surface area contributed by atoms with Crippen LogP contribution in [0.1, 0.15) is 69.1 Å². The highest BCUT2D eigenvalue weighted by Gasteiger charge is 2.43. The molecule has 1 aromatic carbocycles. The van der Waals surface area contributed by atoms with Crippen LogP contribution in [0.5, 0.6) is 5.75 Å². The molecule has 2 aliphatic heterocycles. The van der Waals surface area contributed by atoms with Crippen LogP contribution in [0.3, 0.4) is 0 Å². The lowest BCUT2D eigenvalue weighted by Crippen LogP contribution is -2.50. The number of benzene rings is 1. The van der Waals surface area contributed by atoms with Crippen molar-refractivity contribution in [2.45, 2.75) is 76.2 Å². The van der Waals surface area contributed by atoms with Crippen molar-refractivity contribution < 1.29 is 19.0 Å². The number of nitrogens with zero attached hydrogens (tertiary/aromatic N) is 1. The van der Waals surface area contributed by atoms with E-state index in [0.29, 0.717) is 0 Å². The molecular formula is C24H36N2O4. The zero-order valence-corrected chi connectivity index (χ0v) is 18.5. The molecule has 1 N–H and O–H groups in total. The van der Waals surface area contributed by atoms with Crippen molar-refractivity contribution in [1.82, 2.24) is 10.2 Å². The molecule has 166 valence electrons. The van der Waals surface area contributed by atoms with E-state index in [4.69, 9.17) is 14.2 Å². The second-order valence-corrected chi connectivity index (χ2v) is 9.15. The van der Waals surface area contributed by atoms with E-state index in [1.807, 2.05) is 0 Å². The first-order valence-electron chi connectivity index (χ1n) is 11.5. The van der Waals surface area contributed by atoms with Gasteiger partial charge in [0.25, 0.3) is 0 Å². The van der Waals surface area contributed by atoms with Crippen LogP contribution in [-0.4, -0.2) is 55.9 Å². The molecule has 6 heteroatoms. The fourth-order valence-corrected chi connectivity index (χ4v) is 5.43. The summed E-state index contributed by atoms with van der Waals surface area (Å²) in [5.41, 5.74) is 2.29. The summed E-state index contributed by atoms with van der Waals surface area (Å²) < 4.78 is 18.0. The van der Waals surface area contributed by atoms with Crippen molar-refractivity contribution in [3.63, 3.8) is 0 Å². The lowest BCUT2D eigenvalue weighted by Gasteiger charge is -2.47. The van der Waals surface area contributed by atoms with Crippen LogP contribution in [0.25, 0.3) is 0 Å². The van der Waals surface area contributed by atoms with Crippen molar-refractivity contribution in [3.05, 3.63) is 29.3 Å². The number of ether oxygens (including phenoxy) is 3. The Morgan fingerprint density at radius 3 is 2.70 bits per heavy atom. The fraction of sp³-hybridized carbons (Fsp3) is 0.708. The Labute approximate surface area is 180 Å². The number of rotatable bonds is 5.